The average Bonchev–Trinajstić information content (AvgIpc) is 2.58. The van der Waals surface area contributed by atoms with Crippen LogP contribution in [0.3, 0.4) is 0 Å². The van der Waals surface area contributed by atoms with E-state index < -0.39 is 0 Å². The first-order chi connectivity index (χ1) is 5.77. The summed E-state index contributed by atoms with van der Waals surface area (Å²) >= 11 is 6.78. The Labute approximate surface area is 87.0 Å². The van der Waals surface area contributed by atoms with Gasteiger partial charge >= 0.3 is 0 Å². The van der Waals surface area contributed by atoms with Crippen LogP contribution in [0.15, 0.2) is 27.4 Å². The predicted octanol–water partition coefficient (Wildman–Crippen LogP) is 3.82. The summed E-state index contributed by atoms with van der Waals surface area (Å²) in [6.45, 7) is 0. The van der Waals surface area contributed by atoms with Crippen molar-refractivity contribution >= 4 is 43.6 Å². The van der Waals surface area contributed by atoms with Gasteiger partial charge in [-0.15, -0.1) is 22.7 Å². The fraction of sp³-hybridized carbons (Fsp3) is 0. The molecule has 0 spiro atoms. The van der Waals surface area contributed by atoms with E-state index in [9.17, 15) is 0 Å². The van der Waals surface area contributed by atoms with Crippen molar-refractivity contribution in [3.8, 4) is 10.4 Å². The number of halogens is 1. The summed E-state index contributed by atoms with van der Waals surface area (Å²) in [6.07, 6.45) is 0. The highest BCUT2D eigenvalue weighted by atomic mass is 79.9. The molecular weight excluding hydrogens is 254 g/mol. The topological polar surface area (TPSA) is 26.0 Å². The van der Waals surface area contributed by atoms with Crippen molar-refractivity contribution in [1.82, 2.24) is 0 Å². The number of hydrogen-bond acceptors (Lipinski definition) is 3. The first-order valence-electron chi connectivity index (χ1n) is 3.36. The van der Waals surface area contributed by atoms with Crippen LogP contribution >= 0.6 is 38.6 Å². The molecule has 2 N–H and O–H groups in total. The van der Waals surface area contributed by atoms with Gasteiger partial charge < -0.3 is 5.73 Å². The molecule has 2 heterocycles. The average molecular weight is 260 g/mol. The molecule has 0 aromatic carbocycles. The van der Waals surface area contributed by atoms with Gasteiger partial charge in [-0.05, 0) is 33.4 Å². The second kappa shape index (κ2) is 3.20. The molecular formula is C8H6BrNS2. The molecule has 0 unspecified atom stereocenters. The van der Waals surface area contributed by atoms with E-state index in [1.165, 1.54) is 10.4 Å². The van der Waals surface area contributed by atoms with E-state index in [2.05, 4.69) is 27.4 Å². The molecule has 0 bridgehead atoms. The van der Waals surface area contributed by atoms with E-state index in [0.717, 1.165) is 8.79 Å². The third-order valence-electron chi connectivity index (χ3n) is 1.49. The van der Waals surface area contributed by atoms with Crippen LogP contribution < -0.4 is 5.73 Å². The molecule has 2 aromatic heterocycles. The van der Waals surface area contributed by atoms with Crippen LogP contribution in [0.4, 0.5) is 5.00 Å². The Morgan fingerprint density at radius 1 is 1.42 bits per heavy atom. The SMILES string of the molecule is Nc1cc(-c2cccs2)c(Br)s1. The maximum Gasteiger partial charge on any atom is 0.0875 e. The third kappa shape index (κ3) is 1.42. The lowest BCUT2D eigenvalue weighted by atomic mass is 10.3. The number of rotatable bonds is 1. The number of hydrogen-bond donors (Lipinski definition) is 1. The number of anilines is 1. The molecule has 0 radical (unpaired) electrons. The highest BCUT2D eigenvalue weighted by Gasteiger charge is 2.07. The van der Waals surface area contributed by atoms with Gasteiger partial charge in [0.1, 0.15) is 0 Å². The molecule has 2 rings (SSSR count). The van der Waals surface area contributed by atoms with E-state index in [-0.39, 0.29) is 0 Å². The Balaban J connectivity index is 2.54. The van der Waals surface area contributed by atoms with E-state index in [4.69, 9.17) is 5.73 Å². The summed E-state index contributed by atoms with van der Waals surface area (Å²) in [5, 5.41) is 2.92. The standard InChI is InChI=1S/C8H6BrNS2/c9-8-5(4-7(10)12-8)6-2-1-3-11-6/h1-4H,10H2. The molecule has 0 atom stereocenters. The van der Waals surface area contributed by atoms with Crippen LogP contribution in [-0.2, 0) is 0 Å². The van der Waals surface area contributed by atoms with E-state index in [1.807, 2.05) is 12.1 Å². The van der Waals surface area contributed by atoms with Crippen LogP contribution in [0, 0.1) is 0 Å². The monoisotopic (exact) mass is 259 g/mol. The lowest BCUT2D eigenvalue weighted by Crippen LogP contribution is -1.73. The van der Waals surface area contributed by atoms with Crippen molar-refractivity contribution in [1.29, 1.82) is 0 Å². The smallest absolute Gasteiger partial charge is 0.0875 e. The normalized spacial score (nSPS) is 10.4. The summed E-state index contributed by atoms with van der Waals surface area (Å²) in [4.78, 5) is 1.26. The molecule has 0 saturated carbocycles. The minimum atomic E-state index is 0.852. The predicted molar refractivity (Wildman–Crippen MR) is 59.7 cm³/mol. The summed E-state index contributed by atoms with van der Waals surface area (Å²) < 4.78 is 1.11. The molecule has 4 heteroatoms. The third-order valence-corrected chi connectivity index (χ3v) is 4.06. The van der Waals surface area contributed by atoms with E-state index in [0.29, 0.717) is 0 Å². The van der Waals surface area contributed by atoms with Crippen molar-refractivity contribution < 1.29 is 0 Å². The summed E-state index contributed by atoms with van der Waals surface area (Å²) in [5.74, 6) is 0. The van der Waals surface area contributed by atoms with Crippen LogP contribution in [0.2, 0.25) is 0 Å². The fourth-order valence-corrected chi connectivity index (χ4v) is 3.48. The lowest BCUT2D eigenvalue weighted by Gasteiger charge is -1.90. The Kier molecular flexibility index (Phi) is 2.21. The maximum atomic E-state index is 5.68. The van der Waals surface area contributed by atoms with Gasteiger partial charge in [-0.3, -0.25) is 0 Å². The van der Waals surface area contributed by atoms with Gasteiger partial charge in [0.25, 0.3) is 0 Å². The lowest BCUT2D eigenvalue weighted by molar-refractivity contribution is 1.84. The summed E-state index contributed by atoms with van der Waals surface area (Å²) in [7, 11) is 0. The van der Waals surface area contributed by atoms with Gasteiger partial charge in [-0.25, -0.2) is 0 Å². The molecule has 62 valence electrons. The molecule has 0 saturated heterocycles. The van der Waals surface area contributed by atoms with Crippen LogP contribution in [0.25, 0.3) is 10.4 Å². The highest BCUT2D eigenvalue weighted by Crippen LogP contribution is 2.39. The Bertz CT molecular complexity index is 378. The molecule has 1 nitrogen and oxygen atoms in total. The maximum absolute atomic E-state index is 5.68. The zero-order valence-corrected chi connectivity index (χ0v) is 9.30. The second-order valence-electron chi connectivity index (χ2n) is 2.31. The quantitative estimate of drug-likeness (QED) is 0.828. The van der Waals surface area contributed by atoms with Crippen molar-refractivity contribution in [3.63, 3.8) is 0 Å². The highest BCUT2D eigenvalue weighted by molar-refractivity contribution is 9.11. The number of nitrogen functional groups attached to an aromatic ring is 1. The Hall–Kier alpha value is -0.320. The minimum Gasteiger partial charge on any atom is -0.391 e. The van der Waals surface area contributed by atoms with Crippen molar-refractivity contribution in [2.45, 2.75) is 0 Å². The molecule has 0 fully saturated rings. The molecule has 0 aliphatic heterocycles. The molecule has 2 aromatic rings. The Morgan fingerprint density at radius 2 is 2.25 bits per heavy atom. The second-order valence-corrected chi connectivity index (χ2v) is 5.66. The van der Waals surface area contributed by atoms with Crippen molar-refractivity contribution in [2.24, 2.45) is 0 Å². The number of thiophene rings is 2. The Morgan fingerprint density at radius 3 is 2.75 bits per heavy atom. The minimum absolute atomic E-state index is 0.852. The largest absolute Gasteiger partial charge is 0.391 e. The van der Waals surface area contributed by atoms with Gasteiger partial charge in [-0.2, -0.15) is 0 Å². The van der Waals surface area contributed by atoms with Gasteiger partial charge in [0.05, 0.1) is 8.79 Å². The molecule has 12 heavy (non-hydrogen) atoms. The van der Waals surface area contributed by atoms with Gasteiger partial charge in [0.15, 0.2) is 0 Å². The van der Waals surface area contributed by atoms with Gasteiger partial charge in [-0.1, -0.05) is 6.07 Å². The van der Waals surface area contributed by atoms with Crippen molar-refractivity contribution in [3.05, 3.63) is 27.4 Å². The van der Waals surface area contributed by atoms with Gasteiger partial charge in [0.2, 0.25) is 0 Å². The van der Waals surface area contributed by atoms with E-state index in [1.54, 1.807) is 22.7 Å². The van der Waals surface area contributed by atoms with Crippen LogP contribution in [0.5, 0.6) is 0 Å². The molecule has 0 aliphatic rings. The van der Waals surface area contributed by atoms with E-state index >= 15 is 0 Å². The molecule has 0 aliphatic carbocycles. The first kappa shape index (κ1) is 8.29. The van der Waals surface area contributed by atoms with Gasteiger partial charge in [0, 0.05) is 10.4 Å². The first-order valence-corrected chi connectivity index (χ1v) is 5.85. The zero-order valence-electron chi connectivity index (χ0n) is 6.08. The zero-order chi connectivity index (χ0) is 8.55. The summed E-state index contributed by atoms with van der Waals surface area (Å²) in [5.41, 5.74) is 6.88. The van der Waals surface area contributed by atoms with Crippen LogP contribution in [0.1, 0.15) is 0 Å². The van der Waals surface area contributed by atoms with Crippen LogP contribution in [-0.4, -0.2) is 0 Å². The summed E-state index contributed by atoms with van der Waals surface area (Å²) in [6, 6.07) is 6.14. The van der Waals surface area contributed by atoms with Crippen molar-refractivity contribution in [2.75, 3.05) is 5.73 Å². The fourth-order valence-electron chi connectivity index (χ4n) is 0.987. The number of nitrogens with two attached hydrogens (primary N) is 1. The molecule has 0 amide bonds.